The van der Waals surface area contributed by atoms with Crippen LogP contribution in [-0.2, 0) is 19.0 Å². The number of rotatable bonds is 4. The molecular weight excluding hydrogens is 318 g/mol. The largest absolute Gasteiger partial charge is 0.487 e. The van der Waals surface area contributed by atoms with Gasteiger partial charge in [0, 0.05) is 17.9 Å². The first kappa shape index (κ1) is 13.1. The molecule has 0 radical (unpaired) electrons. The Bertz CT molecular complexity index is 739. The summed E-state index contributed by atoms with van der Waals surface area (Å²) in [4.78, 5) is 0. The lowest BCUT2D eigenvalue weighted by molar-refractivity contribution is 0.299. The van der Waals surface area contributed by atoms with Gasteiger partial charge in [-0.3, -0.25) is 4.68 Å². The van der Waals surface area contributed by atoms with Crippen LogP contribution in [0.5, 0.6) is 5.75 Å². The second-order valence-corrected chi connectivity index (χ2v) is 5.13. The quantitative estimate of drug-likeness (QED) is 0.687. The first-order valence-corrected chi connectivity index (χ1v) is 7.44. The highest BCUT2D eigenvalue weighted by atomic mass is 79.9. The van der Waals surface area contributed by atoms with Crippen LogP contribution in [0.15, 0.2) is 42.6 Å². The molecule has 3 rings (SSSR count). The molecule has 0 saturated heterocycles. The van der Waals surface area contributed by atoms with Gasteiger partial charge in [0.2, 0.25) is 0 Å². The van der Waals surface area contributed by atoms with Gasteiger partial charge in [0.15, 0.2) is 0 Å². The van der Waals surface area contributed by atoms with Crippen LogP contribution in [0.4, 0.5) is 0 Å². The molecule has 0 fully saturated rings. The van der Waals surface area contributed by atoms with E-state index in [1.165, 1.54) is 10.8 Å². The molecule has 0 unspecified atom stereocenters. The molecule has 3 aromatic rings. The van der Waals surface area contributed by atoms with Crippen molar-refractivity contribution in [2.75, 3.05) is 0 Å². The Kier molecular flexibility index (Phi) is 3.69. The Labute approximate surface area is 125 Å². The van der Waals surface area contributed by atoms with Gasteiger partial charge in [0.1, 0.15) is 18.1 Å². The van der Waals surface area contributed by atoms with Crippen molar-refractivity contribution in [1.82, 2.24) is 15.0 Å². The highest BCUT2D eigenvalue weighted by Gasteiger charge is 2.08. The number of aromatic nitrogens is 3. The van der Waals surface area contributed by atoms with Gasteiger partial charge in [-0.15, -0.1) is 5.10 Å². The number of ether oxygens (including phenoxy) is 1. The van der Waals surface area contributed by atoms with Crippen LogP contribution in [0, 0.1) is 0 Å². The van der Waals surface area contributed by atoms with Gasteiger partial charge >= 0.3 is 0 Å². The van der Waals surface area contributed by atoms with Crippen LogP contribution in [0.3, 0.4) is 0 Å². The Morgan fingerprint density at radius 1 is 1.20 bits per heavy atom. The Hall–Kier alpha value is -1.88. The van der Waals surface area contributed by atoms with Crippen molar-refractivity contribution in [3.05, 3.63) is 53.9 Å². The Balaban J connectivity index is 1.91. The molecule has 2 aromatic carbocycles. The Morgan fingerprint density at radius 3 is 2.80 bits per heavy atom. The molecule has 1 heterocycles. The fourth-order valence-electron chi connectivity index (χ4n) is 2.20. The number of nitrogens with zero attached hydrogens (tertiary/aromatic N) is 3. The van der Waals surface area contributed by atoms with E-state index in [9.17, 15) is 0 Å². The summed E-state index contributed by atoms with van der Waals surface area (Å²) in [7, 11) is 1.84. The third-order valence-corrected chi connectivity index (χ3v) is 3.72. The minimum absolute atomic E-state index is 0.423. The number of alkyl halides is 1. The van der Waals surface area contributed by atoms with Crippen LogP contribution in [0.2, 0.25) is 0 Å². The zero-order chi connectivity index (χ0) is 13.9. The maximum Gasteiger partial charge on any atom is 0.134 e. The fraction of sp³-hybridized carbons (Fsp3) is 0.200. The zero-order valence-corrected chi connectivity index (χ0v) is 12.7. The van der Waals surface area contributed by atoms with E-state index in [0.29, 0.717) is 6.61 Å². The van der Waals surface area contributed by atoms with E-state index in [4.69, 9.17) is 4.74 Å². The van der Waals surface area contributed by atoms with E-state index >= 15 is 0 Å². The number of benzene rings is 2. The van der Waals surface area contributed by atoms with Gasteiger partial charge in [0.25, 0.3) is 0 Å². The van der Waals surface area contributed by atoms with Crippen molar-refractivity contribution in [2.24, 2.45) is 7.05 Å². The normalized spacial score (nSPS) is 10.9. The summed E-state index contributed by atoms with van der Waals surface area (Å²) >= 11 is 3.55. The number of hydrogen-bond acceptors (Lipinski definition) is 3. The fourth-order valence-corrected chi connectivity index (χ4v) is 2.78. The van der Waals surface area contributed by atoms with E-state index in [-0.39, 0.29) is 0 Å². The monoisotopic (exact) mass is 331 g/mol. The molecule has 0 atom stereocenters. The average molecular weight is 332 g/mol. The molecule has 5 heteroatoms. The highest BCUT2D eigenvalue weighted by Crippen LogP contribution is 2.30. The molecule has 0 aliphatic rings. The maximum atomic E-state index is 5.89. The first-order chi connectivity index (χ1) is 9.78. The van der Waals surface area contributed by atoms with E-state index in [1.807, 2.05) is 31.4 Å². The summed E-state index contributed by atoms with van der Waals surface area (Å²) in [6.07, 6.45) is 1.86. The highest BCUT2D eigenvalue weighted by molar-refractivity contribution is 9.08. The van der Waals surface area contributed by atoms with Gasteiger partial charge in [-0.25, -0.2) is 0 Å². The van der Waals surface area contributed by atoms with Crippen LogP contribution < -0.4 is 4.74 Å². The maximum absolute atomic E-state index is 5.89. The zero-order valence-electron chi connectivity index (χ0n) is 11.1. The molecule has 1 aromatic heterocycles. The standard InChI is InChI=1S/C15H14BrN3O/c1-19-9-12(17-18-19)10-20-15-7-6-11-4-2-3-5-13(11)14(15)8-16/h2-7,9H,8,10H2,1H3. The summed E-state index contributed by atoms with van der Waals surface area (Å²) in [6.45, 7) is 0.423. The summed E-state index contributed by atoms with van der Waals surface area (Å²) < 4.78 is 7.56. The van der Waals surface area contributed by atoms with Crippen LogP contribution in [0.1, 0.15) is 11.3 Å². The van der Waals surface area contributed by atoms with Crippen molar-refractivity contribution < 1.29 is 4.74 Å². The second kappa shape index (κ2) is 5.63. The minimum Gasteiger partial charge on any atom is -0.487 e. The summed E-state index contributed by atoms with van der Waals surface area (Å²) in [5, 5.41) is 11.1. The average Bonchev–Trinajstić information content (AvgIpc) is 2.90. The minimum atomic E-state index is 0.423. The molecule has 0 bridgehead atoms. The van der Waals surface area contributed by atoms with Crippen molar-refractivity contribution in [3.8, 4) is 5.75 Å². The number of hydrogen-bond donors (Lipinski definition) is 0. The number of aryl methyl sites for hydroxylation is 1. The van der Waals surface area contributed by atoms with Gasteiger partial charge in [-0.1, -0.05) is 51.5 Å². The van der Waals surface area contributed by atoms with E-state index in [1.54, 1.807) is 4.68 Å². The third-order valence-electron chi connectivity index (χ3n) is 3.16. The molecule has 102 valence electrons. The van der Waals surface area contributed by atoms with Gasteiger partial charge in [-0.2, -0.15) is 0 Å². The lowest BCUT2D eigenvalue weighted by Gasteiger charge is -2.11. The Morgan fingerprint density at radius 2 is 2.05 bits per heavy atom. The van der Waals surface area contributed by atoms with Crippen molar-refractivity contribution in [1.29, 1.82) is 0 Å². The van der Waals surface area contributed by atoms with Gasteiger partial charge in [-0.05, 0) is 16.8 Å². The lowest BCUT2D eigenvalue weighted by atomic mass is 10.0. The second-order valence-electron chi connectivity index (χ2n) is 4.57. The van der Waals surface area contributed by atoms with Crippen LogP contribution in [0.25, 0.3) is 10.8 Å². The number of halogens is 1. The predicted molar refractivity (Wildman–Crippen MR) is 81.9 cm³/mol. The van der Waals surface area contributed by atoms with Crippen molar-refractivity contribution in [3.63, 3.8) is 0 Å². The summed E-state index contributed by atoms with van der Waals surface area (Å²) in [5.41, 5.74) is 1.98. The molecule has 0 saturated carbocycles. The van der Waals surface area contributed by atoms with Crippen LogP contribution in [-0.4, -0.2) is 15.0 Å². The number of fused-ring (bicyclic) bond motifs is 1. The van der Waals surface area contributed by atoms with Gasteiger partial charge < -0.3 is 4.74 Å². The van der Waals surface area contributed by atoms with Gasteiger partial charge in [0.05, 0.1) is 6.20 Å². The molecule has 4 nitrogen and oxygen atoms in total. The molecule has 0 aliphatic heterocycles. The molecule has 0 aliphatic carbocycles. The van der Waals surface area contributed by atoms with Crippen LogP contribution >= 0.6 is 15.9 Å². The predicted octanol–water partition coefficient (Wildman–Crippen LogP) is 3.44. The molecule has 20 heavy (non-hydrogen) atoms. The topological polar surface area (TPSA) is 39.9 Å². The van der Waals surface area contributed by atoms with E-state index in [2.05, 4.69) is 44.4 Å². The molecule has 0 amide bonds. The van der Waals surface area contributed by atoms with E-state index < -0.39 is 0 Å². The van der Waals surface area contributed by atoms with E-state index in [0.717, 1.165) is 22.3 Å². The smallest absolute Gasteiger partial charge is 0.134 e. The SMILES string of the molecule is Cn1cc(COc2ccc3ccccc3c2CBr)nn1. The molecule has 0 spiro atoms. The lowest BCUT2D eigenvalue weighted by Crippen LogP contribution is -1.99. The summed E-state index contributed by atoms with van der Waals surface area (Å²) in [5.74, 6) is 0.881. The summed E-state index contributed by atoms with van der Waals surface area (Å²) in [6, 6.07) is 12.4. The van der Waals surface area contributed by atoms with Crippen molar-refractivity contribution >= 4 is 26.7 Å². The molecule has 0 N–H and O–H groups in total. The molecular formula is C15H14BrN3O. The first-order valence-electron chi connectivity index (χ1n) is 6.32. The third kappa shape index (κ3) is 2.54. The van der Waals surface area contributed by atoms with Crippen molar-refractivity contribution in [2.45, 2.75) is 11.9 Å².